The number of rotatable bonds is 2. The summed E-state index contributed by atoms with van der Waals surface area (Å²) in [6.07, 6.45) is 0. The SMILES string of the molecule is Clc1ccsc1C(Br)c1cccc2ccccc12. The Morgan fingerprint density at radius 3 is 2.56 bits per heavy atom. The summed E-state index contributed by atoms with van der Waals surface area (Å²) in [4.78, 5) is 1.31. The van der Waals surface area contributed by atoms with Crippen LogP contribution >= 0.6 is 38.9 Å². The van der Waals surface area contributed by atoms with E-state index in [0.717, 1.165) is 9.90 Å². The van der Waals surface area contributed by atoms with Crippen molar-refractivity contribution in [3.63, 3.8) is 0 Å². The average molecular weight is 338 g/mol. The topological polar surface area (TPSA) is 0 Å². The first kappa shape index (κ1) is 12.2. The molecular weight excluding hydrogens is 328 g/mol. The third-order valence-corrected chi connectivity index (χ3v) is 5.65. The van der Waals surface area contributed by atoms with E-state index >= 15 is 0 Å². The minimum absolute atomic E-state index is 0.149. The molecule has 0 saturated carbocycles. The Morgan fingerprint density at radius 2 is 1.78 bits per heavy atom. The number of fused-ring (bicyclic) bond motifs is 1. The quantitative estimate of drug-likeness (QED) is 0.500. The van der Waals surface area contributed by atoms with Gasteiger partial charge in [-0.25, -0.2) is 0 Å². The summed E-state index contributed by atoms with van der Waals surface area (Å²) in [6, 6.07) is 16.7. The zero-order valence-electron chi connectivity index (χ0n) is 9.44. The van der Waals surface area contributed by atoms with Gasteiger partial charge in [0.15, 0.2) is 0 Å². The van der Waals surface area contributed by atoms with E-state index in [1.54, 1.807) is 11.3 Å². The molecule has 0 aliphatic heterocycles. The molecule has 1 unspecified atom stereocenters. The van der Waals surface area contributed by atoms with Gasteiger partial charge in [0.2, 0.25) is 0 Å². The Bertz CT molecular complexity index is 684. The zero-order chi connectivity index (χ0) is 12.5. The van der Waals surface area contributed by atoms with Gasteiger partial charge in [-0.05, 0) is 27.8 Å². The maximum atomic E-state index is 6.22. The van der Waals surface area contributed by atoms with Crippen LogP contribution in [0.3, 0.4) is 0 Å². The second-order valence-corrected chi connectivity index (χ2v) is 6.33. The van der Waals surface area contributed by atoms with Crippen molar-refractivity contribution in [2.75, 3.05) is 0 Å². The molecule has 90 valence electrons. The molecule has 1 heterocycles. The minimum Gasteiger partial charge on any atom is -0.146 e. The van der Waals surface area contributed by atoms with Gasteiger partial charge in [0.1, 0.15) is 0 Å². The summed E-state index contributed by atoms with van der Waals surface area (Å²) in [5.41, 5.74) is 1.26. The van der Waals surface area contributed by atoms with E-state index in [1.807, 2.05) is 11.4 Å². The number of hydrogen-bond donors (Lipinski definition) is 0. The van der Waals surface area contributed by atoms with Crippen LogP contribution in [-0.2, 0) is 0 Å². The van der Waals surface area contributed by atoms with E-state index in [4.69, 9.17) is 11.6 Å². The third-order valence-electron chi connectivity index (χ3n) is 2.97. The minimum atomic E-state index is 0.149. The molecular formula is C15H10BrClS. The van der Waals surface area contributed by atoms with Crippen LogP contribution in [0.5, 0.6) is 0 Å². The molecule has 3 rings (SSSR count). The predicted octanol–water partition coefficient (Wildman–Crippen LogP) is 6.04. The molecule has 3 heteroatoms. The molecule has 0 radical (unpaired) electrons. The molecule has 18 heavy (non-hydrogen) atoms. The molecule has 0 bridgehead atoms. The Morgan fingerprint density at radius 1 is 1.00 bits per heavy atom. The van der Waals surface area contributed by atoms with Crippen LogP contribution in [0.1, 0.15) is 15.3 Å². The first-order chi connectivity index (χ1) is 8.77. The molecule has 1 aromatic heterocycles. The smallest absolute Gasteiger partial charge is 0.0758 e. The molecule has 0 N–H and O–H groups in total. The van der Waals surface area contributed by atoms with Crippen molar-refractivity contribution in [3.05, 3.63) is 69.4 Å². The van der Waals surface area contributed by atoms with Gasteiger partial charge in [-0.15, -0.1) is 11.3 Å². The lowest BCUT2D eigenvalue weighted by Gasteiger charge is -2.12. The highest BCUT2D eigenvalue weighted by atomic mass is 79.9. The van der Waals surface area contributed by atoms with Crippen molar-refractivity contribution in [1.29, 1.82) is 0 Å². The largest absolute Gasteiger partial charge is 0.146 e. The van der Waals surface area contributed by atoms with Crippen LogP contribution in [0.2, 0.25) is 5.02 Å². The second-order valence-electron chi connectivity index (χ2n) is 4.06. The molecule has 0 amide bonds. The summed E-state index contributed by atoms with van der Waals surface area (Å²) in [5, 5.41) is 5.38. The van der Waals surface area contributed by atoms with Crippen molar-refractivity contribution < 1.29 is 0 Å². The fourth-order valence-electron chi connectivity index (χ4n) is 2.10. The predicted molar refractivity (Wildman–Crippen MR) is 84.0 cm³/mol. The Hall–Kier alpha value is -0.830. The highest BCUT2D eigenvalue weighted by molar-refractivity contribution is 9.09. The summed E-state index contributed by atoms with van der Waals surface area (Å²) in [6.45, 7) is 0. The van der Waals surface area contributed by atoms with Crippen molar-refractivity contribution in [3.8, 4) is 0 Å². The molecule has 0 aliphatic rings. The van der Waals surface area contributed by atoms with E-state index in [2.05, 4.69) is 58.4 Å². The lowest BCUT2D eigenvalue weighted by molar-refractivity contribution is 1.25. The highest BCUT2D eigenvalue weighted by Gasteiger charge is 2.17. The monoisotopic (exact) mass is 336 g/mol. The van der Waals surface area contributed by atoms with Crippen LogP contribution < -0.4 is 0 Å². The van der Waals surface area contributed by atoms with Crippen LogP contribution in [-0.4, -0.2) is 0 Å². The van der Waals surface area contributed by atoms with Crippen LogP contribution in [0, 0.1) is 0 Å². The van der Waals surface area contributed by atoms with Crippen molar-refractivity contribution >= 4 is 49.6 Å². The zero-order valence-corrected chi connectivity index (χ0v) is 12.6. The summed E-state index contributed by atoms with van der Waals surface area (Å²) >= 11 is 11.7. The van der Waals surface area contributed by atoms with E-state index in [0.29, 0.717) is 0 Å². The fraction of sp³-hybridized carbons (Fsp3) is 0.0667. The van der Waals surface area contributed by atoms with Crippen LogP contribution in [0.25, 0.3) is 10.8 Å². The standard InChI is InChI=1S/C15H10BrClS/c16-14(15-13(17)8-9-18-15)12-7-3-5-10-4-1-2-6-11(10)12/h1-9,14H. The number of hydrogen-bond acceptors (Lipinski definition) is 1. The van der Waals surface area contributed by atoms with Crippen molar-refractivity contribution in [1.82, 2.24) is 0 Å². The summed E-state index contributed by atoms with van der Waals surface area (Å²) in [7, 11) is 0. The lowest BCUT2D eigenvalue weighted by Crippen LogP contribution is -1.91. The molecule has 0 spiro atoms. The fourth-order valence-corrected chi connectivity index (χ4v) is 4.36. The number of thiophene rings is 1. The molecule has 1 atom stereocenters. The second kappa shape index (κ2) is 5.04. The molecule has 0 saturated heterocycles. The van der Waals surface area contributed by atoms with Gasteiger partial charge in [0, 0.05) is 4.88 Å². The average Bonchev–Trinajstić information content (AvgIpc) is 2.83. The Balaban J connectivity index is 2.18. The Labute approximate surface area is 123 Å². The van der Waals surface area contributed by atoms with Crippen molar-refractivity contribution in [2.45, 2.75) is 4.83 Å². The number of alkyl halides is 1. The van der Waals surface area contributed by atoms with E-state index in [-0.39, 0.29) is 4.83 Å². The van der Waals surface area contributed by atoms with Gasteiger partial charge >= 0.3 is 0 Å². The first-order valence-electron chi connectivity index (χ1n) is 5.62. The van der Waals surface area contributed by atoms with Crippen LogP contribution in [0.4, 0.5) is 0 Å². The highest BCUT2D eigenvalue weighted by Crippen LogP contribution is 2.41. The van der Waals surface area contributed by atoms with Gasteiger partial charge in [-0.3, -0.25) is 0 Å². The molecule has 0 aliphatic carbocycles. The van der Waals surface area contributed by atoms with E-state index < -0.39 is 0 Å². The maximum Gasteiger partial charge on any atom is 0.0758 e. The summed E-state index contributed by atoms with van der Waals surface area (Å²) in [5.74, 6) is 0. The van der Waals surface area contributed by atoms with E-state index in [9.17, 15) is 0 Å². The molecule has 0 fully saturated rings. The van der Waals surface area contributed by atoms with Gasteiger partial charge < -0.3 is 0 Å². The normalized spacial score (nSPS) is 12.8. The van der Waals surface area contributed by atoms with Gasteiger partial charge in [0.25, 0.3) is 0 Å². The third kappa shape index (κ3) is 2.09. The first-order valence-corrected chi connectivity index (χ1v) is 7.79. The lowest BCUT2D eigenvalue weighted by atomic mass is 10.0. The summed E-state index contributed by atoms with van der Waals surface area (Å²) < 4.78 is 0. The Kier molecular flexibility index (Phi) is 3.42. The molecule has 2 aromatic carbocycles. The van der Waals surface area contributed by atoms with Gasteiger partial charge in [-0.1, -0.05) is 70.0 Å². The number of halogens is 2. The molecule has 0 nitrogen and oxygen atoms in total. The van der Waals surface area contributed by atoms with E-state index in [1.165, 1.54) is 16.3 Å². The van der Waals surface area contributed by atoms with Crippen LogP contribution in [0.15, 0.2) is 53.9 Å². The molecule has 3 aromatic rings. The van der Waals surface area contributed by atoms with Gasteiger partial charge in [0.05, 0.1) is 9.85 Å². The maximum absolute atomic E-state index is 6.22. The number of benzene rings is 2. The van der Waals surface area contributed by atoms with Gasteiger partial charge in [-0.2, -0.15) is 0 Å². The van der Waals surface area contributed by atoms with Crippen molar-refractivity contribution in [2.24, 2.45) is 0 Å².